The summed E-state index contributed by atoms with van der Waals surface area (Å²) in [5.41, 5.74) is -0.817. The minimum atomic E-state index is -0.813. The van der Waals surface area contributed by atoms with E-state index < -0.39 is 5.60 Å². The van der Waals surface area contributed by atoms with E-state index in [1.807, 2.05) is 27.0 Å². The lowest BCUT2D eigenvalue weighted by Gasteiger charge is -2.24. The van der Waals surface area contributed by atoms with E-state index in [1.165, 1.54) is 0 Å². The van der Waals surface area contributed by atoms with Crippen molar-refractivity contribution >= 4 is 17.7 Å². The summed E-state index contributed by atoms with van der Waals surface area (Å²) in [6.45, 7) is 8.12. The van der Waals surface area contributed by atoms with Crippen LogP contribution < -0.4 is 5.32 Å². The van der Waals surface area contributed by atoms with E-state index in [4.69, 9.17) is 0 Å². The van der Waals surface area contributed by atoms with E-state index in [2.05, 4.69) is 5.32 Å². The molecule has 0 bridgehead atoms. The molecule has 0 aromatic rings. The third-order valence-corrected chi connectivity index (χ3v) is 2.72. The molecule has 4 heteroatoms. The van der Waals surface area contributed by atoms with Crippen molar-refractivity contribution in [3.8, 4) is 0 Å². The predicted octanol–water partition coefficient (Wildman–Crippen LogP) is 1.65. The van der Waals surface area contributed by atoms with E-state index in [9.17, 15) is 9.90 Å². The molecule has 0 radical (unpaired) electrons. The van der Waals surface area contributed by atoms with Crippen molar-refractivity contribution in [1.29, 1.82) is 0 Å². The summed E-state index contributed by atoms with van der Waals surface area (Å²) >= 11 is 1.57. The lowest BCUT2D eigenvalue weighted by Crippen LogP contribution is -2.43. The lowest BCUT2D eigenvalue weighted by atomic mass is 9.92. The molecule has 0 spiro atoms. The van der Waals surface area contributed by atoms with Gasteiger partial charge in [0.25, 0.3) is 0 Å². The summed E-state index contributed by atoms with van der Waals surface area (Å²) in [5.74, 6) is 0.631. The number of aliphatic hydroxyl groups is 1. The summed E-state index contributed by atoms with van der Waals surface area (Å²) in [6, 6.07) is 0. The van der Waals surface area contributed by atoms with Crippen LogP contribution in [-0.2, 0) is 4.79 Å². The van der Waals surface area contributed by atoms with Gasteiger partial charge in [0.05, 0.1) is 5.60 Å². The Morgan fingerprint density at radius 2 is 1.87 bits per heavy atom. The van der Waals surface area contributed by atoms with Crippen LogP contribution in [0.15, 0.2) is 0 Å². The van der Waals surface area contributed by atoms with Crippen LogP contribution in [0.1, 0.15) is 34.1 Å². The third kappa shape index (κ3) is 8.75. The molecule has 0 aliphatic rings. The van der Waals surface area contributed by atoms with Crippen molar-refractivity contribution in [1.82, 2.24) is 5.32 Å². The van der Waals surface area contributed by atoms with Gasteiger partial charge in [-0.3, -0.25) is 4.79 Å². The predicted molar refractivity (Wildman–Crippen MR) is 66.1 cm³/mol. The zero-order chi connectivity index (χ0) is 12.1. The summed E-state index contributed by atoms with van der Waals surface area (Å²) in [6.07, 6.45) is 2.42. The zero-order valence-electron chi connectivity index (χ0n) is 10.4. The van der Waals surface area contributed by atoms with E-state index in [1.54, 1.807) is 18.7 Å². The summed E-state index contributed by atoms with van der Waals surface area (Å²) < 4.78 is 0. The molecular formula is C11H23NO2S. The number of carbonyl (C=O) groups excluding carboxylic acids is 1. The molecule has 2 N–H and O–H groups in total. The first-order valence-corrected chi connectivity index (χ1v) is 6.54. The molecule has 0 aromatic carbocycles. The highest BCUT2D eigenvalue weighted by Crippen LogP contribution is 2.18. The van der Waals surface area contributed by atoms with Crippen LogP contribution in [0.25, 0.3) is 0 Å². The van der Waals surface area contributed by atoms with Gasteiger partial charge < -0.3 is 10.4 Å². The average Bonchev–Trinajstić information content (AvgIpc) is 1.98. The Bertz CT molecular complexity index is 209. The normalized spacial score (nSPS) is 15.9. The molecule has 0 rings (SSSR count). The molecule has 0 aliphatic carbocycles. The molecular weight excluding hydrogens is 210 g/mol. The van der Waals surface area contributed by atoms with E-state index in [0.29, 0.717) is 18.7 Å². The number of hydrogen-bond acceptors (Lipinski definition) is 3. The molecule has 0 saturated carbocycles. The van der Waals surface area contributed by atoms with Crippen LogP contribution in [0.4, 0.5) is 0 Å². The Kier molecular flexibility index (Phi) is 5.67. The largest absolute Gasteiger partial charge is 0.387 e. The molecule has 3 nitrogen and oxygen atoms in total. The molecule has 15 heavy (non-hydrogen) atoms. The van der Waals surface area contributed by atoms with E-state index in [0.717, 1.165) is 0 Å². The second kappa shape index (κ2) is 5.75. The SMILES string of the molecule is CSC[C@](C)(O)CNC(=O)CC(C)(C)C. The van der Waals surface area contributed by atoms with Crippen LogP contribution in [0, 0.1) is 5.41 Å². The average molecular weight is 233 g/mol. The molecule has 0 aliphatic heterocycles. The van der Waals surface area contributed by atoms with Crippen molar-refractivity contribution in [2.24, 2.45) is 5.41 Å². The van der Waals surface area contributed by atoms with Crippen LogP contribution in [0.5, 0.6) is 0 Å². The van der Waals surface area contributed by atoms with Crippen molar-refractivity contribution in [2.45, 2.75) is 39.7 Å². The maximum absolute atomic E-state index is 11.5. The maximum Gasteiger partial charge on any atom is 0.220 e. The van der Waals surface area contributed by atoms with Crippen molar-refractivity contribution in [3.05, 3.63) is 0 Å². The fraction of sp³-hybridized carbons (Fsp3) is 0.909. The third-order valence-electron chi connectivity index (χ3n) is 1.81. The van der Waals surface area contributed by atoms with Gasteiger partial charge >= 0.3 is 0 Å². The Morgan fingerprint density at radius 1 is 1.33 bits per heavy atom. The maximum atomic E-state index is 11.5. The summed E-state index contributed by atoms with van der Waals surface area (Å²) in [7, 11) is 0. The Morgan fingerprint density at radius 3 is 2.27 bits per heavy atom. The zero-order valence-corrected chi connectivity index (χ0v) is 11.2. The van der Waals surface area contributed by atoms with Crippen LogP contribution in [0.3, 0.4) is 0 Å². The first-order chi connectivity index (χ1) is 6.66. The van der Waals surface area contributed by atoms with Crippen LogP contribution in [0.2, 0.25) is 0 Å². The standard InChI is InChI=1S/C11H23NO2S/c1-10(2,3)6-9(13)12-7-11(4,14)8-15-5/h14H,6-8H2,1-5H3,(H,12,13)/t11-/m1/s1. The highest BCUT2D eigenvalue weighted by molar-refractivity contribution is 7.98. The van der Waals surface area contributed by atoms with Gasteiger partial charge in [0, 0.05) is 18.7 Å². The molecule has 0 heterocycles. The first-order valence-electron chi connectivity index (χ1n) is 5.14. The number of nitrogens with one attached hydrogen (secondary N) is 1. The number of amides is 1. The first kappa shape index (κ1) is 14.8. The number of carbonyl (C=O) groups is 1. The van der Waals surface area contributed by atoms with Crippen LogP contribution >= 0.6 is 11.8 Å². The van der Waals surface area contributed by atoms with Gasteiger partial charge in [-0.25, -0.2) is 0 Å². The van der Waals surface area contributed by atoms with Gasteiger partial charge in [0.1, 0.15) is 0 Å². The second-order valence-electron chi connectivity index (χ2n) is 5.44. The van der Waals surface area contributed by atoms with Crippen molar-refractivity contribution in [3.63, 3.8) is 0 Å². The van der Waals surface area contributed by atoms with Gasteiger partial charge in [-0.15, -0.1) is 0 Å². The molecule has 1 amide bonds. The molecule has 1 atom stereocenters. The summed E-state index contributed by atoms with van der Waals surface area (Å²) in [4.78, 5) is 11.5. The van der Waals surface area contributed by atoms with Gasteiger partial charge in [0.15, 0.2) is 0 Å². The van der Waals surface area contributed by atoms with Gasteiger partial charge in [-0.1, -0.05) is 20.8 Å². The number of hydrogen-bond donors (Lipinski definition) is 2. The Balaban J connectivity index is 3.90. The smallest absolute Gasteiger partial charge is 0.220 e. The molecule has 0 fully saturated rings. The Hall–Kier alpha value is -0.220. The minimum Gasteiger partial charge on any atom is -0.387 e. The topological polar surface area (TPSA) is 49.3 Å². The second-order valence-corrected chi connectivity index (χ2v) is 6.31. The molecule has 0 aromatic heterocycles. The molecule has 90 valence electrons. The van der Waals surface area contributed by atoms with Gasteiger partial charge in [-0.05, 0) is 18.6 Å². The Labute approximate surface area is 97.0 Å². The monoisotopic (exact) mass is 233 g/mol. The van der Waals surface area contributed by atoms with Gasteiger partial charge in [-0.2, -0.15) is 11.8 Å². The van der Waals surface area contributed by atoms with Crippen molar-refractivity contribution in [2.75, 3.05) is 18.6 Å². The van der Waals surface area contributed by atoms with Crippen molar-refractivity contribution < 1.29 is 9.90 Å². The molecule has 0 unspecified atom stereocenters. The van der Waals surface area contributed by atoms with Gasteiger partial charge in [0.2, 0.25) is 5.91 Å². The molecule has 0 saturated heterocycles. The summed E-state index contributed by atoms with van der Waals surface area (Å²) in [5, 5.41) is 12.6. The number of rotatable bonds is 5. The van der Waals surface area contributed by atoms with Crippen LogP contribution in [-0.4, -0.2) is 35.2 Å². The van der Waals surface area contributed by atoms with E-state index >= 15 is 0 Å². The fourth-order valence-corrected chi connectivity index (χ4v) is 1.92. The number of thioether (sulfide) groups is 1. The highest BCUT2D eigenvalue weighted by Gasteiger charge is 2.22. The minimum absolute atomic E-state index is 0.00359. The highest BCUT2D eigenvalue weighted by atomic mass is 32.2. The van der Waals surface area contributed by atoms with E-state index in [-0.39, 0.29) is 11.3 Å². The lowest BCUT2D eigenvalue weighted by molar-refractivity contribution is -0.123. The quantitative estimate of drug-likeness (QED) is 0.759. The fourth-order valence-electron chi connectivity index (χ4n) is 1.20.